The summed E-state index contributed by atoms with van der Waals surface area (Å²) in [5.74, 6) is 0.218. The first-order chi connectivity index (χ1) is 15.8. The molecule has 4 heterocycles. The third kappa shape index (κ3) is 3.67. The second-order valence-corrected chi connectivity index (χ2v) is 8.69. The fraction of sp³-hybridized carbons (Fsp3) is 0.360. The molecule has 0 N–H and O–H groups in total. The van der Waals surface area contributed by atoms with Crippen molar-refractivity contribution in [1.29, 1.82) is 0 Å². The molecule has 0 radical (unpaired) electrons. The van der Waals surface area contributed by atoms with Gasteiger partial charge >= 0.3 is 6.18 Å². The first-order valence-electron chi connectivity index (χ1n) is 11.0. The van der Waals surface area contributed by atoms with Crippen LogP contribution in [-0.2, 0) is 12.6 Å². The number of halogens is 3. The topological polar surface area (TPSA) is 59.0 Å². The van der Waals surface area contributed by atoms with Gasteiger partial charge in [0.1, 0.15) is 5.82 Å². The monoisotopic (exact) mass is 452 g/mol. The van der Waals surface area contributed by atoms with Gasteiger partial charge in [0.25, 0.3) is 5.91 Å². The van der Waals surface area contributed by atoms with Gasteiger partial charge in [0.15, 0.2) is 0 Å². The van der Waals surface area contributed by atoms with E-state index in [0.717, 1.165) is 41.6 Å². The van der Waals surface area contributed by atoms with Gasteiger partial charge in [0.05, 0.1) is 28.7 Å². The summed E-state index contributed by atoms with van der Waals surface area (Å²) in [6.07, 6.45) is 0.201. The van der Waals surface area contributed by atoms with Crippen molar-refractivity contribution in [3.63, 3.8) is 0 Å². The Morgan fingerprint density at radius 2 is 1.88 bits per heavy atom. The van der Waals surface area contributed by atoms with Gasteiger partial charge < -0.3 is 4.90 Å². The number of hydrogen-bond donors (Lipinski definition) is 0. The van der Waals surface area contributed by atoms with Crippen LogP contribution in [0.2, 0.25) is 0 Å². The Morgan fingerprint density at radius 1 is 1.06 bits per heavy atom. The zero-order valence-electron chi connectivity index (χ0n) is 18.4. The lowest BCUT2D eigenvalue weighted by Crippen LogP contribution is -2.50. The van der Waals surface area contributed by atoms with E-state index >= 15 is 0 Å². The third-order valence-electron chi connectivity index (χ3n) is 6.66. The van der Waals surface area contributed by atoms with Crippen LogP contribution < -0.4 is 0 Å². The van der Waals surface area contributed by atoms with Gasteiger partial charge in [-0.15, -0.1) is 0 Å². The van der Waals surface area contributed by atoms with Crippen molar-refractivity contribution in [2.75, 3.05) is 0 Å². The van der Waals surface area contributed by atoms with E-state index in [4.69, 9.17) is 4.98 Å². The maximum atomic E-state index is 13.7. The number of rotatable bonds is 2. The first-order valence-corrected chi connectivity index (χ1v) is 11.0. The summed E-state index contributed by atoms with van der Waals surface area (Å²) in [6, 6.07) is 9.06. The Morgan fingerprint density at radius 3 is 2.61 bits per heavy atom. The van der Waals surface area contributed by atoms with Crippen molar-refractivity contribution in [1.82, 2.24) is 19.9 Å². The van der Waals surface area contributed by atoms with Crippen LogP contribution in [0.15, 0.2) is 42.6 Å². The van der Waals surface area contributed by atoms with Crippen LogP contribution in [0, 0.1) is 13.8 Å². The Bertz CT molecular complexity index is 1230. The van der Waals surface area contributed by atoms with Gasteiger partial charge in [-0.1, -0.05) is 12.1 Å². The molecule has 1 aromatic carbocycles. The average Bonchev–Trinajstić information content (AvgIpc) is 2.78. The minimum Gasteiger partial charge on any atom is -0.327 e. The number of carbonyl (C=O) groups is 1. The highest BCUT2D eigenvalue weighted by atomic mass is 19.4. The molecule has 2 atom stereocenters. The lowest BCUT2D eigenvalue weighted by molar-refractivity contribution is -0.138. The molecule has 3 aromatic rings. The minimum absolute atomic E-state index is 0.0353. The molecule has 0 saturated carbocycles. The van der Waals surface area contributed by atoms with Crippen LogP contribution in [0.1, 0.15) is 63.9 Å². The number of alkyl halides is 3. The summed E-state index contributed by atoms with van der Waals surface area (Å²) < 4.78 is 40.4. The fourth-order valence-corrected chi connectivity index (χ4v) is 5.21. The van der Waals surface area contributed by atoms with E-state index in [1.165, 1.54) is 19.1 Å². The van der Waals surface area contributed by atoms with Crippen LogP contribution in [0.4, 0.5) is 13.2 Å². The summed E-state index contributed by atoms with van der Waals surface area (Å²) in [5.41, 5.74) is 2.60. The molecule has 5 nitrogen and oxygen atoms in total. The molecule has 33 heavy (non-hydrogen) atoms. The zero-order chi connectivity index (χ0) is 23.3. The molecule has 2 aliphatic heterocycles. The highest BCUT2D eigenvalue weighted by Gasteiger charge is 2.43. The number of hydrogen-bond acceptors (Lipinski definition) is 4. The van der Waals surface area contributed by atoms with E-state index < -0.39 is 11.7 Å². The van der Waals surface area contributed by atoms with Gasteiger partial charge in [0.2, 0.25) is 0 Å². The minimum atomic E-state index is -4.51. The Balaban J connectivity index is 1.60. The van der Waals surface area contributed by atoms with Crippen molar-refractivity contribution in [2.45, 2.75) is 57.8 Å². The average molecular weight is 452 g/mol. The number of carbonyl (C=O) groups excluding carboxylic acids is 1. The number of aromatic nitrogens is 3. The number of aryl methyl sites for hydroxylation is 1. The second kappa shape index (κ2) is 7.93. The van der Waals surface area contributed by atoms with Crippen molar-refractivity contribution in [3.05, 3.63) is 76.4 Å². The number of benzene rings is 1. The van der Waals surface area contributed by atoms with Gasteiger partial charge in [-0.2, -0.15) is 13.2 Å². The van der Waals surface area contributed by atoms with Gasteiger partial charge in [0, 0.05) is 23.4 Å². The largest absolute Gasteiger partial charge is 0.416 e. The number of pyridine rings is 1. The van der Waals surface area contributed by atoms with Crippen LogP contribution in [-0.4, -0.2) is 31.8 Å². The maximum Gasteiger partial charge on any atom is 0.416 e. The van der Waals surface area contributed by atoms with Crippen LogP contribution in [0.25, 0.3) is 11.4 Å². The number of nitrogens with zero attached hydrogens (tertiary/aromatic N) is 4. The lowest BCUT2D eigenvalue weighted by Gasteiger charge is -2.46. The van der Waals surface area contributed by atoms with Crippen molar-refractivity contribution < 1.29 is 18.0 Å². The van der Waals surface area contributed by atoms with Gasteiger partial charge in [-0.25, -0.2) is 9.97 Å². The molecule has 0 unspecified atom stereocenters. The zero-order valence-corrected chi connectivity index (χ0v) is 18.4. The van der Waals surface area contributed by atoms with E-state index in [1.54, 1.807) is 11.1 Å². The van der Waals surface area contributed by atoms with E-state index in [2.05, 4.69) is 9.97 Å². The molecule has 5 rings (SSSR count). The fourth-order valence-electron chi connectivity index (χ4n) is 5.21. The molecule has 1 saturated heterocycles. The van der Waals surface area contributed by atoms with Gasteiger partial charge in [-0.3, -0.25) is 9.78 Å². The van der Waals surface area contributed by atoms with Crippen LogP contribution >= 0.6 is 0 Å². The number of amides is 1. The molecule has 2 aliphatic rings. The Labute approximate surface area is 189 Å². The molecule has 2 bridgehead atoms. The molecule has 2 aromatic heterocycles. The molecule has 0 spiro atoms. The van der Waals surface area contributed by atoms with Crippen molar-refractivity contribution in [2.24, 2.45) is 0 Å². The quantitative estimate of drug-likeness (QED) is 0.518. The second-order valence-electron chi connectivity index (χ2n) is 8.69. The van der Waals surface area contributed by atoms with E-state index in [1.807, 2.05) is 25.1 Å². The normalized spacial score (nSPS) is 19.8. The lowest BCUT2D eigenvalue weighted by atomic mass is 9.80. The molecule has 0 aliphatic carbocycles. The summed E-state index contributed by atoms with van der Waals surface area (Å²) in [5, 5.41) is 0. The molecule has 8 heteroatoms. The molecular formula is C25H23F3N4O. The standard InChI is InChI=1S/C25H23F3N4O/c1-14-17(8-6-9-19(14)25(26,27)28)24(33)32-16-7-5-11-21(32)23-18(13-16)22(30-15(2)31-23)20-10-3-4-12-29-20/h3-4,6,8-10,12,16,21H,5,7,11,13H2,1-2H3/t16-,21+/m0/s1. The smallest absolute Gasteiger partial charge is 0.327 e. The SMILES string of the molecule is Cc1nc(-c2ccccn2)c2c(n1)[C@H]1CCC[C@@H](C2)N1C(=O)c1cccc(C(F)(F)F)c1C. The summed E-state index contributed by atoms with van der Waals surface area (Å²) in [4.78, 5) is 29.3. The number of fused-ring (bicyclic) bond motifs is 4. The van der Waals surface area contributed by atoms with Gasteiger partial charge in [-0.05, 0) is 69.4 Å². The molecule has 1 fully saturated rings. The van der Waals surface area contributed by atoms with E-state index in [-0.39, 0.29) is 29.1 Å². The maximum absolute atomic E-state index is 13.7. The van der Waals surface area contributed by atoms with E-state index in [0.29, 0.717) is 18.7 Å². The highest BCUT2D eigenvalue weighted by Crippen LogP contribution is 2.44. The Kier molecular flexibility index (Phi) is 5.18. The summed E-state index contributed by atoms with van der Waals surface area (Å²) >= 11 is 0. The summed E-state index contributed by atoms with van der Waals surface area (Å²) in [7, 11) is 0. The van der Waals surface area contributed by atoms with Crippen LogP contribution in [0.5, 0.6) is 0 Å². The molecule has 170 valence electrons. The van der Waals surface area contributed by atoms with Crippen molar-refractivity contribution >= 4 is 5.91 Å². The van der Waals surface area contributed by atoms with Crippen molar-refractivity contribution in [3.8, 4) is 11.4 Å². The highest BCUT2D eigenvalue weighted by molar-refractivity contribution is 5.96. The summed E-state index contributed by atoms with van der Waals surface area (Å²) in [6.45, 7) is 3.18. The predicted molar refractivity (Wildman–Crippen MR) is 116 cm³/mol. The number of piperidine rings is 1. The third-order valence-corrected chi connectivity index (χ3v) is 6.66. The molecule has 1 amide bonds. The van der Waals surface area contributed by atoms with E-state index in [9.17, 15) is 18.0 Å². The van der Waals surface area contributed by atoms with Crippen LogP contribution in [0.3, 0.4) is 0 Å². The molecular weight excluding hydrogens is 429 g/mol. The Hall–Kier alpha value is -3.29. The first kappa shape index (κ1) is 21.6. The predicted octanol–water partition coefficient (Wildman–Crippen LogP) is 5.47.